The molecule has 0 aromatic heterocycles. The minimum atomic E-state index is -0.212. The van der Waals surface area contributed by atoms with E-state index in [0.717, 1.165) is 12.5 Å². The van der Waals surface area contributed by atoms with Crippen molar-refractivity contribution < 1.29 is 4.79 Å². The summed E-state index contributed by atoms with van der Waals surface area (Å²) in [5, 5.41) is 0. The average molecular weight is 170 g/mol. The van der Waals surface area contributed by atoms with E-state index in [9.17, 15) is 4.79 Å². The molecule has 2 N–H and O–H groups in total. The Bertz CT molecular complexity index is 170. The molecule has 12 heavy (non-hydrogen) atoms. The fraction of sp³-hybridized carbons (Fsp3) is 0.889. The maximum absolute atomic E-state index is 10.7. The van der Waals surface area contributed by atoms with Gasteiger partial charge in [-0.25, -0.2) is 0 Å². The summed E-state index contributed by atoms with van der Waals surface area (Å²) in [5.41, 5.74) is 5.14. The van der Waals surface area contributed by atoms with Crippen LogP contribution in [-0.4, -0.2) is 29.9 Å². The lowest BCUT2D eigenvalue weighted by molar-refractivity contribution is -0.120. The number of hydrogen-bond acceptors (Lipinski definition) is 2. The molecule has 1 heterocycles. The number of carbonyl (C=O) groups is 1. The molecule has 70 valence electrons. The highest BCUT2D eigenvalue weighted by atomic mass is 16.1. The Morgan fingerprint density at radius 3 is 2.75 bits per heavy atom. The second kappa shape index (κ2) is 3.90. The predicted molar refractivity (Wildman–Crippen MR) is 48.6 cm³/mol. The lowest BCUT2D eigenvalue weighted by Gasteiger charge is -2.35. The maximum atomic E-state index is 10.7. The summed E-state index contributed by atoms with van der Waals surface area (Å²) in [6, 6.07) is 0.515. The lowest BCUT2D eigenvalue weighted by atomic mass is 9.93. The van der Waals surface area contributed by atoms with Crippen LogP contribution in [-0.2, 0) is 4.79 Å². The van der Waals surface area contributed by atoms with E-state index in [4.69, 9.17) is 5.73 Å². The van der Waals surface area contributed by atoms with E-state index in [-0.39, 0.29) is 5.91 Å². The van der Waals surface area contributed by atoms with Gasteiger partial charge in [0.25, 0.3) is 0 Å². The molecule has 3 heteroatoms. The van der Waals surface area contributed by atoms with Crippen LogP contribution < -0.4 is 5.73 Å². The van der Waals surface area contributed by atoms with Gasteiger partial charge in [-0.15, -0.1) is 0 Å². The molecule has 1 saturated heterocycles. The molecule has 1 rings (SSSR count). The Kier molecular flexibility index (Phi) is 3.09. The molecule has 2 unspecified atom stereocenters. The van der Waals surface area contributed by atoms with Crippen LogP contribution in [0, 0.1) is 5.92 Å². The van der Waals surface area contributed by atoms with Crippen molar-refractivity contribution in [1.29, 1.82) is 0 Å². The van der Waals surface area contributed by atoms with Crippen molar-refractivity contribution in [2.24, 2.45) is 11.7 Å². The standard InChI is InChI=1S/C9H18N2O/c1-7-3-4-11(6-9(10)12)8(2)5-7/h7-8H,3-6H2,1-2H3,(H2,10,12). The first-order valence-electron chi connectivity index (χ1n) is 4.62. The Morgan fingerprint density at radius 2 is 2.25 bits per heavy atom. The second-order valence-electron chi connectivity index (χ2n) is 3.92. The van der Waals surface area contributed by atoms with Crippen molar-refractivity contribution in [3.8, 4) is 0 Å². The molecule has 1 amide bonds. The third-order valence-electron chi connectivity index (χ3n) is 2.63. The first kappa shape index (κ1) is 9.52. The first-order valence-corrected chi connectivity index (χ1v) is 4.62. The Morgan fingerprint density at radius 1 is 1.58 bits per heavy atom. The zero-order valence-corrected chi connectivity index (χ0v) is 7.92. The van der Waals surface area contributed by atoms with Gasteiger partial charge in [0.1, 0.15) is 0 Å². The number of nitrogens with zero attached hydrogens (tertiary/aromatic N) is 1. The largest absolute Gasteiger partial charge is 0.369 e. The number of likely N-dealkylation sites (tertiary alicyclic amines) is 1. The van der Waals surface area contributed by atoms with Gasteiger partial charge < -0.3 is 5.73 Å². The third-order valence-corrected chi connectivity index (χ3v) is 2.63. The zero-order valence-electron chi connectivity index (χ0n) is 7.92. The van der Waals surface area contributed by atoms with Gasteiger partial charge in [0, 0.05) is 6.04 Å². The predicted octanol–water partition coefficient (Wildman–Crippen LogP) is 0.592. The highest BCUT2D eigenvalue weighted by Gasteiger charge is 2.23. The molecule has 2 atom stereocenters. The van der Waals surface area contributed by atoms with Crippen LogP contribution in [0.2, 0.25) is 0 Å². The highest BCUT2D eigenvalue weighted by Crippen LogP contribution is 2.21. The number of carbonyl (C=O) groups excluding carboxylic acids is 1. The van der Waals surface area contributed by atoms with E-state index in [1.165, 1.54) is 12.8 Å². The molecule has 3 nitrogen and oxygen atoms in total. The summed E-state index contributed by atoms with van der Waals surface area (Å²) in [7, 11) is 0. The van der Waals surface area contributed by atoms with Crippen molar-refractivity contribution in [1.82, 2.24) is 4.90 Å². The summed E-state index contributed by atoms with van der Waals surface area (Å²) >= 11 is 0. The second-order valence-corrected chi connectivity index (χ2v) is 3.92. The molecule has 0 aromatic rings. The van der Waals surface area contributed by atoms with Gasteiger partial charge in [-0.1, -0.05) is 6.92 Å². The summed E-state index contributed by atoms with van der Waals surface area (Å²) in [6.07, 6.45) is 2.38. The SMILES string of the molecule is CC1CCN(CC(N)=O)C(C)C1. The minimum Gasteiger partial charge on any atom is -0.369 e. The molecular weight excluding hydrogens is 152 g/mol. The van der Waals surface area contributed by atoms with Crippen LogP contribution >= 0.6 is 0 Å². The zero-order chi connectivity index (χ0) is 9.14. The molecular formula is C9H18N2O. The Balaban J connectivity index is 2.39. The van der Waals surface area contributed by atoms with Crippen molar-refractivity contribution in [3.63, 3.8) is 0 Å². The number of rotatable bonds is 2. The van der Waals surface area contributed by atoms with Gasteiger partial charge in [0.05, 0.1) is 6.54 Å². The topological polar surface area (TPSA) is 46.3 Å². The molecule has 0 aromatic carbocycles. The smallest absolute Gasteiger partial charge is 0.231 e. The van der Waals surface area contributed by atoms with E-state index in [2.05, 4.69) is 18.7 Å². The van der Waals surface area contributed by atoms with Gasteiger partial charge in [-0.05, 0) is 32.2 Å². The molecule has 0 aliphatic carbocycles. The summed E-state index contributed by atoms with van der Waals surface area (Å²) in [6.45, 7) is 5.87. The van der Waals surface area contributed by atoms with Crippen molar-refractivity contribution in [3.05, 3.63) is 0 Å². The number of piperidine rings is 1. The van der Waals surface area contributed by atoms with E-state index in [1.807, 2.05) is 0 Å². The van der Waals surface area contributed by atoms with Gasteiger partial charge in [0.15, 0.2) is 0 Å². The van der Waals surface area contributed by atoms with Gasteiger partial charge in [-0.3, -0.25) is 9.69 Å². The highest BCUT2D eigenvalue weighted by molar-refractivity contribution is 5.75. The molecule has 0 bridgehead atoms. The van der Waals surface area contributed by atoms with Gasteiger partial charge in [0.2, 0.25) is 5.91 Å². The Hall–Kier alpha value is -0.570. The van der Waals surface area contributed by atoms with Crippen LogP contribution in [0.5, 0.6) is 0 Å². The number of hydrogen-bond donors (Lipinski definition) is 1. The van der Waals surface area contributed by atoms with Crippen LogP contribution in [0.4, 0.5) is 0 Å². The molecule has 0 spiro atoms. The molecule has 1 aliphatic rings. The molecule has 1 fully saturated rings. The minimum absolute atomic E-state index is 0.212. The van der Waals surface area contributed by atoms with Crippen molar-refractivity contribution in [2.75, 3.05) is 13.1 Å². The fourth-order valence-corrected chi connectivity index (χ4v) is 1.89. The van der Waals surface area contributed by atoms with E-state index in [1.54, 1.807) is 0 Å². The fourth-order valence-electron chi connectivity index (χ4n) is 1.89. The van der Waals surface area contributed by atoms with Gasteiger partial charge >= 0.3 is 0 Å². The van der Waals surface area contributed by atoms with Gasteiger partial charge in [-0.2, -0.15) is 0 Å². The lowest BCUT2D eigenvalue weighted by Crippen LogP contribution is -2.44. The van der Waals surface area contributed by atoms with Crippen molar-refractivity contribution in [2.45, 2.75) is 32.7 Å². The van der Waals surface area contributed by atoms with E-state index >= 15 is 0 Å². The Labute approximate surface area is 73.9 Å². The quantitative estimate of drug-likeness (QED) is 0.659. The number of amides is 1. The maximum Gasteiger partial charge on any atom is 0.231 e. The summed E-state index contributed by atoms with van der Waals surface area (Å²) in [4.78, 5) is 12.8. The van der Waals surface area contributed by atoms with Crippen LogP contribution in [0.25, 0.3) is 0 Å². The van der Waals surface area contributed by atoms with Crippen LogP contribution in [0.15, 0.2) is 0 Å². The normalized spacial score (nSPS) is 31.8. The third kappa shape index (κ3) is 2.48. The van der Waals surface area contributed by atoms with Crippen molar-refractivity contribution >= 4 is 5.91 Å². The molecule has 0 saturated carbocycles. The van der Waals surface area contributed by atoms with E-state index in [0.29, 0.717) is 12.6 Å². The van der Waals surface area contributed by atoms with Crippen LogP contribution in [0.1, 0.15) is 26.7 Å². The number of primary amides is 1. The summed E-state index contributed by atoms with van der Waals surface area (Å²) < 4.78 is 0. The molecule has 0 radical (unpaired) electrons. The van der Waals surface area contributed by atoms with Crippen LogP contribution in [0.3, 0.4) is 0 Å². The average Bonchev–Trinajstić information content (AvgIpc) is 1.94. The summed E-state index contributed by atoms with van der Waals surface area (Å²) in [5.74, 6) is 0.584. The van der Waals surface area contributed by atoms with E-state index < -0.39 is 0 Å². The number of nitrogens with two attached hydrogens (primary N) is 1. The molecule has 1 aliphatic heterocycles. The monoisotopic (exact) mass is 170 g/mol. The first-order chi connectivity index (χ1) is 5.59.